The highest BCUT2D eigenvalue weighted by Gasteiger charge is 2.30. The highest BCUT2D eigenvalue weighted by atomic mass is 16.6. The number of fused-ring (bicyclic) bond motifs is 2. The van der Waals surface area contributed by atoms with Gasteiger partial charge in [-0.2, -0.15) is 0 Å². The van der Waals surface area contributed by atoms with Crippen molar-refractivity contribution in [2.75, 3.05) is 13.2 Å². The summed E-state index contributed by atoms with van der Waals surface area (Å²) in [5, 5.41) is 9.46. The minimum Gasteiger partial charge on any atom is -0.486 e. The van der Waals surface area contributed by atoms with Crippen molar-refractivity contribution < 1.29 is 19.2 Å². The third-order valence-corrected chi connectivity index (χ3v) is 2.47. The normalized spacial score (nSPS) is 18.2. The van der Waals surface area contributed by atoms with Crippen LogP contribution in [0.15, 0.2) is 12.1 Å². The van der Waals surface area contributed by atoms with Crippen LogP contribution < -0.4 is 14.9 Å². The lowest BCUT2D eigenvalue weighted by molar-refractivity contribution is 0.171. The Bertz CT molecular complexity index is 379. The molecule has 2 aliphatic rings. The van der Waals surface area contributed by atoms with Gasteiger partial charge in [-0.15, -0.1) is 0 Å². The Morgan fingerprint density at radius 1 is 1.14 bits per heavy atom. The highest BCUT2D eigenvalue weighted by molar-refractivity contribution is 6.61. The van der Waals surface area contributed by atoms with E-state index in [0.717, 1.165) is 16.8 Å². The third kappa shape index (κ3) is 1.09. The van der Waals surface area contributed by atoms with Crippen LogP contribution in [0.1, 0.15) is 5.56 Å². The Labute approximate surface area is 81.5 Å². The summed E-state index contributed by atoms with van der Waals surface area (Å²) in [5.41, 5.74) is 1.76. The molecule has 0 spiro atoms. The van der Waals surface area contributed by atoms with Crippen molar-refractivity contribution in [2.45, 2.75) is 6.61 Å². The van der Waals surface area contributed by atoms with Gasteiger partial charge >= 0.3 is 7.12 Å². The molecule has 72 valence electrons. The van der Waals surface area contributed by atoms with Crippen LogP contribution in [0.5, 0.6) is 11.5 Å². The first-order valence-electron chi connectivity index (χ1n) is 4.57. The lowest BCUT2D eigenvalue weighted by Gasteiger charge is -2.19. The van der Waals surface area contributed by atoms with Crippen LogP contribution >= 0.6 is 0 Å². The highest BCUT2D eigenvalue weighted by Crippen LogP contribution is 2.31. The van der Waals surface area contributed by atoms with Crippen LogP contribution in [0.4, 0.5) is 0 Å². The molecule has 0 saturated heterocycles. The van der Waals surface area contributed by atoms with Gasteiger partial charge in [-0.05, 0) is 23.2 Å². The Morgan fingerprint density at radius 2 is 1.86 bits per heavy atom. The number of hydrogen-bond acceptors (Lipinski definition) is 4. The molecule has 0 atom stereocenters. The van der Waals surface area contributed by atoms with E-state index in [4.69, 9.17) is 14.1 Å². The molecule has 4 nitrogen and oxygen atoms in total. The van der Waals surface area contributed by atoms with Gasteiger partial charge in [-0.25, -0.2) is 0 Å². The largest absolute Gasteiger partial charge is 0.491 e. The van der Waals surface area contributed by atoms with Crippen LogP contribution in [0, 0.1) is 0 Å². The molecular weight excluding hydrogens is 183 g/mol. The summed E-state index contributed by atoms with van der Waals surface area (Å²) >= 11 is 0. The predicted octanol–water partition coefficient (Wildman–Crippen LogP) is -0.325. The molecule has 3 rings (SSSR count). The van der Waals surface area contributed by atoms with Gasteiger partial charge in [0.2, 0.25) is 0 Å². The number of rotatable bonds is 0. The molecule has 0 aromatic heterocycles. The van der Waals surface area contributed by atoms with Crippen LogP contribution in [-0.4, -0.2) is 25.4 Å². The zero-order chi connectivity index (χ0) is 9.54. The van der Waals surface area contributed by atoms with Crippen molar-refractivity contribution in [3.05, 3.63) is 17.7 Å². The Balaban J connectivity index is 2.11. The molecule has 0 radical (unpaired) electrons. The molecule has 2 aliphatic heterocycles. The standard InChI is InChI=1S/C9H9BO4/c11-10-7-4-9-8(12-1-2-13-9)3-6(7)5-14-10/h3-4,11H,1-2,5H2. The second-order valence-corrected chi connectivity index (χ2v) is 3.36. The molecule has 0 unspecified atom stereocenters. The molecule has 0 bridgehead atoms. The summed E-state index contributed by atoms with van der Waals surface area (Å²) < 4.78 is 15.9. The summed E-state index contributed by atoms with van der Waals surface area (Å²) in [6.07, 6.45) is 0. The van der Waals surface area contributed by atoms with E-state index in [2.05, 4.69) is 0 Å². The summed E-state index contributed by atoms with van der Waals surface area (Å²) in [5.74, 6) is 1.44. The Kier molecular flexibility index (Phi) is 1.69. The van der Waals surface area contributed by atoms with Crippen molar-refractivity contribution in [2.24, 2.45) is 0 Å². The summed E-state index contributed by atoms with van der Waals surface area (Å²) in [6, 6.07) is 3.67. The van der Waals surface area contributed by atoms with Crippen molar-refractivity contribution in [1.82, 2.24) is 0 Å². The summed E-state index contributed by atoms with van der Waals surface area (Å²) in [6.45, 7) is 1.57. The van der Waals surface area contributed by atoms with Gasteiger partial charge in [-0.1, -0.05) is 0 Å². The third-order valence-electron chi connectivity index (χ3n) is 2.47. The van der Waals surface area contributed by atoms with E-state index in [9.17, 15) is 5.02 Å². The summed E-state index contributed by atoms with van der Waals surface area (Å²) in [4.78, 5) is 0. The molecule has 1 aromatic carbocycles. The second kappa shape index (κ2) is 2.90. The molecule has 0 saturated carbocycles. The van der Waals surface area contributed by atoms with Gasteiger partial charge in [-0.3, -0.25) is 0 Å². The minimum atomic E-state index is -0.819. The fourth-order valence-corrected chi connectivity index (χ4v) is 1.76. The molecule has 5 heteroatoms. The lowest BCUT2D eigenvalue weighted by atomic mass is 9.79. The van der Waals surface area contributed by atoms with E-state index >= 15 is 0 Å². The first kappa shape index (κ1) is 8.14. The van der Waals surface area contributed by atoms with Crippen LogP contribution in [0.2, 0.25) is 0 Å². The molecular formula is C9H9BO4. The molecule has 0 amide bonds. The number of hydrogen-bond donors (Lipinski definition) is 1. The quantitative estimate of drug-likeness (QED) is 0.572. The van der Waals surface area contributed by atoms with Gasteiger partial charge < -0.3 is 19.2 Å². The number of ether oxygens (including phenoxy) is 2. The monoisotopic (exact) mass is 192 g/mol. The van der Waals surface area contributed by atoms with Crippen LogP contribution in [0.3, 0.4) is 0 Å². The van der Waals surface area contributed by atoms with E-state index in [0.29, 0.717) is 25.6 Å². The van der Waals surface area contributed by atoms with E-state index in [1.807, 2.05) is 6.07 Å². The molecule has 0 aliphatic carbocycles. The second-order valence-electron chi connectivity index (χ2n) is 3.36. The first-order valence-corrected chi connectivity index (χ1v) is 4.57. The van der Waals surface area contributed by atoms with E-state index in [-0.39, 0.29) is 0 Å². The van der Waals surface area contributed by atoms with Gasteiger partial charge in [0.1, 0.15) is 13.2 Å². The molecule has 0 fully saturated rings. The maximum atomic E-state index is 9.46. The van der Waals surface area contributed by atoms with Crippen molar-refractivity contribution >= 4 is 12.6 Å². The van der Waals surface area contributed by atoms with Crippen molar-refractivity contribution in [3.63, 3.8) is 0 Å². The smallest absolute Gasteiger partial charge is 0.486 e. The number of benzene rings is 1. The zero-order valence-electron chi connectivity index (χ0n) is 7.53. The average Bonchev–Trinajstić information content (AvgIpc) is 2.57. The summed E-state index contributed by atoms with van der Waals surface area (Å²) in [7, 11) is -0.819. The topological polar surface area (TPSA) is 47.9 Å². The van der Waals surface area contributed by atoms with Crippen molar-refractivity contribution in [3.8, 4) is 11.5 Å². The first-order chi connectivity index (χ1) is 6.84. The SMILES string of the molecule is OB1OCc2cc3c(cc21)OCCO3. The maximum Gasteiger partial charge on any atom is 0.491 e. The Morgan fingerprint density at radius 3 is 2.64 bits per heavy atom. The minimum absolute atomic E-state index is 0.438. The molecule has 1 aromatic rings. The maximum absolute atomic E-state index is 9.46. The van der Waals surface area contributed by atoms with Crippen molar-refractivity contribution in [1.29, 1.82) is 0 Å². The molecule has 1 N–H and O–H groups in total. The van der Waals surface area contributed by atoms with Crippen LogP contribution in [0.25, 0.3) is 0 Å². The van der Waals surface area contributed by atoms with E-state index < -0.39 is 7.12 Å². The molecule has 2 heterocycles. The van der Waals surface area contributed by atoms with Gasteiger partial charge in [0.25, 0.3) is 0 Å². The lowest BCUT2D eigenvalue weighted by Crippen LogP contribution is -2.29. The Hall–Kier alpha value is -1.20. The predicted molar refractivity (Wildman–Crippen MR) is 49.8 cm³/mol. The van der Waals surface area contributed by atoms with E-state index in [1.165, 1.54) is 0 Å². The van der Waals surface area contributed by atoms with Crippen LogP contribution in [-0.2, 0) is 11.3 Å². The average molecular weight is 192 g/mol. The van der Waals surface area contributed by atoms with E-state index in [1.54, 1.807) is 6.07 Å². The van der Waals surface area contributed by atoms with Gasteiger partial charge in [0, 0.05) is 0 Å². The zero-order valence-corrected chi connectivity index (χ0v) is 7.53. The fourth-order valence-electron chi connectivity index (χ4n) is 1.76. The van der Waals surface area contributed by atoms with Gasteiger partial charge in [0.05, 0.1) is 6.61 Å². The fraction of sp³-hybridized carbons (Fsp3) is 0.333. The molecule has 14 heavy (non-hydrogen) atoms. The van der Waals surface area contributed by atoms with Gasteiger partial charge in [0.15, 0.2) is 11.5 Å².